The van der Waals surface area contributed by atoms with Crippen LogP contribution in [0.15, 0.2) is 163 Å². The summed E-state index contributed by atoms with van der Waals surface area (Å²) in [7, 11) is 0. The smallest absolute Gasteiger partial charge is 0.313 e. The molecule has 0 aliphatic heterocycles. The van der Waals surface area contributed by atoms with Crippen molar-refractivity contribution in [2.45, 2.75) is 24.9 Å². The van der Waals surface area contributed by atoms with Crippen molar-refractivity contribution in [3.05, 3.63) is 174 Å². The third kappa shape index (κ3) is 4.13. The molecule has 0 spiro atoms. The highest BCUT2D eigenvalue weighted by atomic mass is 19.4. The van der Waals surface area contributed by atoms with Crippen molar-refractivity contribution in [3.8, 4) is 11.1 Å². The first-order valence-electron chi connectivity index (χ1n) is 17.9. The Hall–Kier alpha value is -6.07. The summed E-state index contributed by atoms with van der Waals surface area (Å²) in [6.07, 6.45) is 10.4. The van der Waals surface area contributed by atoms with E-state index in [1.165, 1.54) is 55.9 Å². The quantitative estimate of drug-likeness (QED) is 0.176. The van der Waals surface area contributed by atoms with Gasteiger partial charge in [0.15, 0.2) is 0 Å². The Bertz CT molecular complexity index is 2900. The third-order valence-corrected chi connectivity index (χ3v) is 11.7. The molecule has 0 amide bonds. The summed E-state index contributed by atoms with van der Waals surface area (Å²) in [5.41, 5.74) is 13.7. The van der Waals surface area contributed by atoms with Gasteiger partial charge < -0.3 is 9.13 Å². The van der Waals surface area contributed by atoms with E-state index < -0.39 is 11.7 Å². The monoisotopic (exact) mass is 680 g/mol. The van der Waals surface area contributed by atoms with Crippen LogP contribution < -0.4 is 0 Å². The zero-order valence-electron chi connectivity index (χ0n) is 28.0. The first-order valence-corrected chi connectivity index (χ1v) is 17.9. The van der Waals surface area contributed by atoms with Gasteiger partial charge in [-0.3, -0.25) is 0 Å². The number of benzene rings is 5. The van der Waals surface area contributed by atoms with Crippen LogP contribution in [0.25, 0.3) is 71.7 Å². The van der Waals surface area contributed by atoms with Crippen molar-refractivity contribution in [1.82, 2.24) is 9.13 Å². The molecular formula is C47H31F3N2. The van der Waals surface area contributed by atoms with E-state index in [0.717, 1.165) is 38.6 Å². The number of nitrogens with zero attached hydrogens (tertiary/aromatic N) is 2. The molecule has 4 aliphatic rings. The molecule has 2 aromatic heterocycles. The van der Waals surface area contributed by atoms with Gasteiger partial charge in [-0.2, -0.15) is 13.2 Å². The standard InChI is InChI=1S/C47H31F3N2/c48-47(49,50)30-18-20-31(21-19-30)51-41-14-5-3-10-34(41)39-26-28(16-23-44(39)51)29-17-24-45-40(27-29)35-11-4-6-15-42(35)52(45)43-25-22-37-33-9-2-1-8-32(33)36-12-7-13-38(43)46(36)37/h1-18,20,22-27,37,46H,19,21H2. The maximum atomic E-state index is 13.4. The lowest BCUT2D eigenvalue weighted by atomic mass is 9.77. The number of para-hydroxylation sites is 2. The summed E-state index contributed by atoms with van der Waals surface area (Å²) < 4.78 is 44.9. The van der Waals surface area contributed by atoms with Crippen LogP contribution in [0.2, 0.25) is 0 Å². The molecule has 11 rings (SSSR count). The fourth-order valence-electron chi connectivity index (χ4n) is 9.38. The van der Waals surface area contributed by atoms with Crippen LogP contribution in [0.4, 0.5) is 13.2 Å². The molecule has 0 saturated heterocycles. The molecule has 0 fully saturated rings. The summed E-state index contributed by atoms with van der Waals surface area (Å²) >= 11 is 0. The number of aromatic nitrogens is 2. The highest BCUT2D eigenvalue weighted by Gasteiger charge is 2.40. The first-order chi connectivity index (χ1) is 25.4. The zero-order valence-corrected chi connectivity index (χ0v) is 28.0. The maximum Gasteiger partial charge on any atom is 0.412 e. The van der Waals surface area contributed by atoms with Gasteiger partial charge in [0.2, 0.25) is 0 Å². The van der Waals surface area contributed by atoms with E-state index in [2.05, 4.69) is 137 Å². The lowest BCUT2D eigenvalue weighted by molar-refractivity contribution is -0.0939. The summed E-state index contributed by atoms with van der Waals surface area (Å²) in [5, 5.41) is 4.58. The van der Waals surface area contributed by atoms with Gasteiger partial charge in [-0.1, -0.05) is 103 Å². The van der Waals surface area contributed by atoms with Crippen LogP contribution in [0.5, 0.6) is 0 Å². The van der Waals surface area contributed by atoms with Gasteiger partial charge in [0.1, 0.15) is 0 Å². The van der Waals surface area contributed by atoms with Gasteiger partial charge in [-0.25, -0.2) is 0 Å². The molecule has 7 aromatic rings. The van der Waals surface area contributed by atoms with Gasteiger partial charge in [0.05, 0.1) is 22.1 Å². The maximum absolute atomic E-state index is 13.4. The Morgan fingerprint density at radius 3 is 1.90 bits per heavy atom. The second kappa shape index (κ2) is 10.7. The first kappa shape index (κ1) is 29.6. The number of alkyl halides is 3. The molecule has 0 saturated carbocycles. The van der Waals surface area contributed by atoms with Gasteiger partial charge >= 0.3 is 6.18 Å². The van der Waals surface area contributed by atoms with Crippen molar-refractivity contribution >= 4 is 60.6 Å². The largest absolute Gasteiger partial charge is 0.412 e. The minimum Gasteiger partial charge on any atom is -0.313 e. The second-order valence-electron chi connectivity index (χ2n) is 14.3. The van der Waals surface area contributed by atoms with E-state index in [4.69, 9.17) is 0 Å². The number of hydrogen-bond acceptors (Lipinski definition) is 0. The summed E-state index contributed by atoms with van der Waals surface area (Å²) in [6, 6.07) is 39.0. The predicted octanol–water partition coefficient (Wildman–Crippen LogP) is 12.8. The van der Waals surface area contributed by atoms with E-state index in [0.29, 0.717) is 18.3 Å². The topological polar surface area (TPSA) is 9.86 Å². The molecule has 0 radical (unpaired) electrons. The van der Waals surface area contributed by atoms with Gasteiger partial charge in [-0.05, 0) is 94.8 Å². The van der Waals surface area contributed by atoms with E-state index in [9.17, 15) is 13.2 Å². The Kier molecular flexibility index (Phi) is 6.11. The van der Waals surface area contributed by atoms with E-state index in [-0.39, 0.29) is 6.42 Å². The minimum absolute atomic E-state index is 0.0216. The molecule has 5 heteroatoms. The van der Waals surface area contributed by atoms with Gasteiger partial charge in [-0.15, -0.1) is 0 Å². The van der Waals surface area contributed by atoms with E-state index in [1.807, 2.05) is 12.1 Å². The Morgan fingerprint density at radius 2 is 1.21 bits per heavy atom. The molecule has 2 heterocycles. The van der Waals surface area contributed by atoms with Crippen LogP contribution in [0.1, 0.15) is 29.9 Å². The second-order valence-corrected chi connectivity index (χ2v) is 14.3. The van der Waals surface area contributed by atoms with Gasteiger partial charge in [0.25, 0.3) is 0 Å². The normalized spacial score (nSPS) is 19.4. The summed E-state index contributed by atoms with van der Waals surface area (Å²) in [4.78, 5) is 0. The molecule has 5 aromatic carbocycles. The molecular weight excluding hydrogens is 650 g/mol. The number of halogens is 3. The minimum atomic E-state index is -4.30. The average molecular weight is 681 g/mol. The Labute approximate surface area is 298 Å². The summed E-state index contributed by atoms with van der Waals surface area (Å²) in [6.45, 7) is 0. The molecule has 2 unspecified atom stereocenters. The van der Waals surface area contributed by atoms with Crippen LogP contribution in [-0.2, 0) is 0 Å². The Morgan fingerprint density at radius 1 is 0.577 bits per heavy atom. The molecule has 2 nitrogen and oxygen atoms in total. The van der Waals surface area contributed by atoms with E-state index in [1.54, 1.807) is 6.08 Å². The molecule has 4 aliphatic carbocycles. The van der Waals surface area contributed by atoms with Crippen molar-refractivity contribution in [2.75, 3.05) is 0 Å². The number of fused-ring (bicyclic) bond motifs is 9. The molecule has 2 atom stereocenters. The van der Waals surface area contributed by atoms with Crippen molar-refractivity contribution in [3.63, 3.8) is 0 Å². The highest BCUT2D eigenvalue weighted by molar-refractivity contribution is 6.14. The molecule has 0 N–H and O–H groups in total. The molecule has 0 bridgehead atoms. The molecule has 52 heavy (non-hydrogen) atoms. The average Bonchev–Trinajstić information content (AvgIpc) is 3.81. The van der Waals surface area contributed by atoms with Crippen molar-refractivity contribution < 1.29 is 13.2 Å². The fraction of sp³-hybridized carbons (Fsp3) is 0.106. The summed E-state index contributed by atoms with van der Waals surface area (Å²) in [5.74, 6) is 0.647. The van der Waals surface area contributed by atoms with Crippen LogP contribution in [0, 0.1) is 5.92 Å². The predicted molar refractivity (Wildman–Crippen MR) is 208 cm³/mol. The molecule has 250 valence electrons. The van der Waals surface area contributed by atoms with Crippen molar-refractivity contribution in [2.24, 2.45) is 5.92 Å². The number of hydrogen-bond donors (Lipinski definition) is 0. The van der Waals surface area contributed by atoms with Gasteiger partial charge in [0, 0.05) is 50.3 Å². The number of allylic oxidation sites excluding steroid dienone is 12. The lowest BCUT2D eigenvalue weighted by Crippen LogP contribution is -2.16. The Balaban J connectivity index is 1.06. The lowest BCUT2D eigenvalue weighted by Gasteiger charge is -2.29. The van der Waals surface area contributed by atoms with E-state index >= 15 is 0 Å². The highest BCUT2D eigenvalue weighted by Crippen LogP contribution is 2.55. The number of rotatable bonds is 3. The van der Waals surface area contributed by atoms with Crippen LogP contribution >= 0.6 is 0 Å². The SMILES string of the molecule is FC(F)(F)C1=CC=C(n2c3ccccc3c3cc(-c4ccc5c(c4)c4ccccc4n5C4=C5C=CC=C6c7ccccc7C(C=C4)C65)ccc32)CC1. The van der Waals surface area contributed by atoms with Crippen molar-refractivity contribution in [1.29, 1.82) is 0 Å². The van der Waals surface area contributed by atoms with Crippen LogP contribution in [-0.4, -0.2) is 15.3 Å². The van der Waals surface area contributed by atoms with Crippen LogP contribution in [0.3, 0.4) is 0 Å². The zero-order chi connectivity index (χ0) is 34.7. The fourth-order valence-corrected chi connectivity index (χ4v) is 9.38. The third-order valence-electron chi connectivity index (χ3n) is 11.7.